The Bertz CT molecular complexity index is 3110. The highest BCUT2D eigenvalue weighted by atomic mass is 16.6. The van der Waals surface area contributed by atoms with Gasteiger partial charge in [-0.2, -0.15) is 0 Å². The molecule has 86 heavy (non-hydrogen) atoms. The van der Waals surface area contributed by atoms with Crippen LogP contribution in [0.4, 0.5) is 0 Å². The van der Waals surface area contributed by atoms with Crippen LogP contribution in [0.3, 0.4) is 0 Å². The lowest BCUT2D eigenvalue weighted by atomic mass is 9.98. The molecule has 6 aromatic carbocycles. The number of aromatic nitrogens is 2. The molecular weight excluding hydrogens is 1070 g/mol. The number of ether oxygens (including phenoxy) is 3. The van der Waals surface area contributed by atoms with Crippen LogP contribution in [0.1, 0.15) is 73.6 Å². The number of carbonyl (C=O) groups is 2. The van der Waals surface area contributed by atoms with Gasteiger partial charge in [0, 0.05) is 81.1 Å². The predicted molar refractivity (Wildman–Crippen MR) is 344 cm³/mol. The van der Waals surface area contributed by atoms with Crippen LogP contribution in [0, 0.1) is 0 Å². The second kappa shape index (κ2) is 35.2. The number of aliphatic hydroxyl groups excluding tert-OH is 1. The third kappa shape index (κ3) is 21.7. The Kier molecular flexibility index (Phi) is 25.7. The summed E-state index contributed by atoms with van der Waals surface area (Å²) in [6, 6.07) is 61.7. The van der Waals surface area contributed by atoms with Gasteiger partial charge in [0.25, 0.3) is 0 Å². The van der Waals surface area contributed by atoms with Gasteiger partial charge in [-0.15, -0.1) is 0 Å². The highest BCUT2D eigenvalue weighted by Crippen LogP contribution is 2.26. The largest absolute Gasteiger partial charge is 0.490 e. The second-order valence-electron chi connectivity index (χ2n) is 22.8. The van der Waals surface area contributed by atoms with Crippen LogP contribution < -0.4 is 36.1 Å². The average Bonchev–Trinajstić information content (AvgIpc) is 4.54. The zero-order valence-corrected chi connectivity index (χ0v) is 49.8. The van der Waals surface area contributed by atoms with Gasteiger partial charge in [0.2, 0.25) is 11.8 Å². The summed E-state index contributed by atoms with van der Waals surface area (Å²) < 4.78 is 16.8. The SMILES string of the molecule is O=C(NC(CCCc1ccccc1)CCCc1ccccc1)C1CN(C[C@@H](O)COc2cccc3ncccc23)CCN1.O=C(NC(CCCc1ccccc1)CCCc1ccccc1)C1CNCCN1.c1cc(OC[C@@H]2CO2)c2cccnc2c1. The Balaban J connectivity index is 0.000000174. The van der Waals surface area contributed by atoms with E-state index in [1.54, 1.807) is 12.4 Å². The Hall–Kier alpha value is -7.56. The first-order valence-electron chi connectivity index (χ1n) is 31.3. The van der Waals surface area contributed by atoms with Crippen molar-refractivity contribution in [2.75, 3.05) is 65.6 Å². The molecule has 3 saturated heterocycles. The third-order valence-electron chi connectivity index (χ3n) is 16.0. The number of fused-ring (bicyclic) bond motifs is 2. The summed E-state index contributed by atoms with van der Waals surface area (Å²) >= 11 is 0. The first kappa shape index (κ1) is 63.0. The lowest BCUT2D eigenvalue weighted by Gasteiger charge is -2.34. The zero-order valence-electron chi connectivity index (χ0n) is 49.8. The van der Waals surface area contributed by atoms with Gasteiger partial charge < -0.3 is 45.9 Å². The van der Waals surface area contributed by atoms with Gasteiger partial charge in [0.1, 0.15) is 36.9 Å². The standard InChI is InChI=1S/C36H44N4O3.C24H33N3O.C12H11NO2/c41-31(27-43-35-21-9-20-33-32(35)19-10-22-37-33)25-40-24-23-38-34(26-40)36(42)39-30(17-7-15-28-11-3-1-4-12-28)18-8-16-29-13-5-2-6-14-29;28-24(23-19-25-17-18-26-23)27-22(15-7-13-20-9-3-1-4-10-20)16-8-14-21-11-5-2-6-12-21;1-4-11-10(3-2-6-13-11)12(5-1)15-8-9-7-14-9/h1-6,9-14,19-22,30-31,34,38,41H,7-8,15-18,23-27H2,(H,39,42);1-6,9-12,22-23,25-26H,7-8,13-19H2,(H,27,28);1-6,9H,7-8H2/t31-,34?;;9-/m1.0/s1. The average molecular weight is 1160 g/mol. The number of amides is 2. The molecule has 14 heteroatoms. The summed E-state index contributed by atoms with van der Waals surface area (Å²) in [7, 11) is 0. The first-order valence-corrected chi connectivity index (χ1v) is 31.3. The van der Waals surface area contributed by atoms with Crippen LogP contribution in [0.25, 0.3) is 21.8 Å². The molecule has 0 radical (unpaired) electrons. The Morgan fingerprint density at radius 2 is 1.00 bits per heavy atom. The van der Waals surface area contributed by atoms with E-state index >= 15 is 0 Å². The van der Waals surface area contributed by atoms with Crippen LogP contribution in [0.5, 0.6) is 11.5 Å². The zero-order chi connectivity index (χ0) is 59.2. The van der Waals surface area contributed by atoms with Crippen molar-refractivity contribution < 1.29 is 28.9 Å². The molecule has 8 aromatic rings. The molecule has 4 atom stereocenters. The van der Waals surface area contributed by atoms with Crippen molar-refractivity contribution >= 4 is 33.6 Å². The number of aryl methyl sites for hydroxylation is 4. The van der Waals surface area contributed by atoms with Gasteiger partial charge in [-0.05, 0) is 148 Å². The van der Waals surface area contributed by atoms with E-state index < -0.39 is 6.10 Å². The lowest BCUT2D eigenvalue weighted by Crippen LogP contribution is -2.59. The molecule has 11 rings (SSSR count). The maximum atomic E-state index is 13.4. The molecule has 3 fully saturated rings. The van der Waals surface area contributed by atoms with E-state index in [1.807, 2.05) is 72.8 Å². The predicted octanol–water partition coefficient (Wildman–Crippen LogP) is 9.87. The van der Waals surface area contributed by atoms with Gasteiger partial charge in [-0.25, -0.2) is 0 Å². The molecule has 452 valence electrons. The Morgan fingerprint density at radius 1 is 0.547 bits per heavy atom. The number of carbonyl (C=O) groups excluding carboxylic acids is 2. The van der Waals surface area contributed by atoms with E-state index in [2.05, 4.69) is 151 Å². The van der Waals surface area contributed by atoms with Crippen molar-refractivity contribution in [3.8, 4) is 11.5 Å². The van der Waals surface area contributed by atoms with E-state index in [4.69, 9.17) is 14.2 Å². The van der Waals surface area contributed by atoms with Crippen LogP contribution in [-0.4, -0.2) is 134 Å². The van der Waals surface area contributed by atoms with E-state index in [0.717, 1.165) is 131 Å². The summed E-state index contributed by atoms with van der Waals surface area (Å²) in [4.78, 5) is 36.9. The number of pyridine rings is 2. The van der Waals surface area contributed by atoms with E-state index in [1.165, 1.54) is 22.3 Å². The summed E-state index contributed by atoms with van der Waals surface area (Å²) in [6.07, 6.45) is 15.5. The maximum Gasteiger partial charge on any atom is 0.238 e. The smallest absolute Gasteiger partial charge is 0.238 e. The minimum absolute atomic E-state index is 0.0446. The molecule has 3 aliphatic rings. The number of hydrogen-bond acceptors (Lipinski definition) is 12. The quantitative estimate of drug-likeness (QED) is 0.0257. The molecule has 2 unspecified atom stereocenters. The molecule has 2 amide bonds. The number of piperazine rings is 2. The number of epoxide rings is 1. The number of benzene rings is 6. The van der Waals surface area contributed by atoms with Crippen molar-refractivity contribution in [1.29, 1.82) is 0 Å². The highest BCUT2D eigenvalue weighted by Gasteiger charge is 2.29. The Labute approximate surface area is 508 Å². The normalized spacial score (nSPS) is 16.9. The van der Waals surface area contributed by atoms with E-state index in [0.29, 0.717) is 38.5 Å². The fourth-order valence-electron chi connectivity index (χ4n) is 11.2. The van der Waals surface area contributed by atoms with Crippen LogP contribution in [-0.2, 0) is 40.0 Å². The van der Waals surface area contributed by atoms with Gasteiger partial charge in [0.15, 0.2) is 0 Å². The molecule has 14 nitrogen and oxygen atoms in total. The van der Waals surface area contributed by atoms with Gasteiger partial charge in [0.05, 0.1) is 29.7 Å². The van der Waals surface area contributed by atoms with Gasteiger partial charge in [-0.3, -0.25) is 24.5 Å². The fourth-order valence-corrected chi connectivity index (χ4v) is 11.2. The first-order chi connectivity index (χ1) is 42.4. The highest BCUT2D eigenvalue weighted by molar-refractivity contribution is 5.86. The van der Waals surface area contributed by atoms with Crippen LogP contribution >= 0.6 is 0 Å². The van der Waals surface area contributed by atoms with E-state index in [9.17, 15) is 14.7 Å². The van der Waals surface area contributed by atoms with Crippen molar-refractivity contribution in [3.63, 3.8) is 0 Å². The van der Waals surface area contributed by atoms with Crippen LogP contribution in [0.15, 0.2) is 194 Å². The second-order valence-corrected chi connectivity index (χ2v) is 22.8. The van der Waals surface area contributed by atoms with Crippen molar-refractivity contribution in [2.24, 2.45) is 0 Å². The maximum absolute atomic E-state index is 13.4. The number of hydrogen-bond donors (Lipinski definition) is 6. The summed E-state index contributed by atoms with van der Waals surface area (Å²) in [6.45, 7) is 6.62. The number of aliphatic hydroxyl groups is 1. The molecule has 6 N–H and O–H groups in total. The number of nitrogens with one attached hydrogen (secondary N) is 5. The molecule has 5 heterocycles. The molecule has 0 spiro atoms. The minimum atomic E-state index is -0.669. The van der Waals surface area contributed by atoms with E-state index in [-0.39, 0.29) is 48.7 Å². The fraction of sp³-hybridized carbons (Fsp3) is 0.389. The van der Waals surface area contributed by atoms with Crippen LogP contribution in [0.2, 0.25) is 0 Å². The molecular formula is C72H88N8O6. The molecule has 0 aliphatic carbocycles. The summed E-state index contributed by atoms with van der Waals surface area (Å²) in [5.74, 6) is 1.78. The molecule has 0 saturated carbocycles. The third-order valence-corrected chi connectivity index (χ3v) is 16.0. The molecule has 3 aliphatic heterocycles. The number of β-amino-alcohol motifs (C(OH)–C–C–N with tert-alkyl or cyclic N) is 1. The van der Waals surface area contributed by atoms with Crippen molar-refractivity contribution in [1.82, 2.24) is 41.5 Å². The van der Waals surface area contributed by atoms with Crippen molar-refractivity contribution in [3.05, 3.63) is 217 Å². The van der Waals surface area contributed by atoms with Crippen molar-refractivity contribution in [2.45, 2.75) is 113 Å². The molecule has 0 bridgehead atoms. The monoisotopic (exact) mass is 1160 g/mol. The topological polar surface area (TPSA) is 175 Å². The number of nitrogens with zero attached hydrogens (tertiary/aromatic N) is 3. The summed E-state index contributed by atoms with van der Waals surface area (Å²) in [5, 5.41) is 29.5. The lowest BCUT2D eigenvalue weighted by molar-refractivity contribution is -0.125. The molecule has 2 aromatic heterocycles. The van der Waals surface area contributed by atoms with Gasteiger partial charge >= 0.3 is 0 Å². The number of rotatable bonds is 28. The van der Waals surface area contributed by atoms with Gasteiger partial charge in [-0.1, -0.05) is 133 Å². The minimum Gasteiger partial charge on any atom is -0.490 e. The summed E-state index contributed by atoms with van der Waals surface area (Å²) in [5.41, 5.74) is 7.24. The Morgan fingerprint density at radius 3 is 1.45 bits per heavy atom.